The molecule has 0 saturated carbocycles. The maximum absolute atomic E-state index is 13.7. The monoisotopic (exact) mass is 598 g/mol. The van der Waals surface area contributed by atoms with E-state index >= 15 is 0 Å². The van der Waals surface area contributed by atoms with Gasteiger partial charge in [-0.3, -0.25) is 9.59 Å². The van der Waals surface area contributed by atoms with Crippen molar-refractivity contribution in [3.05, 3.63) is 64.2 Å². The first-order chi connectivity index (χ1) is 18.7. The van der Waals surface area contributed by atoms with E-state index in [0.717, 1.165) is 30.0 Å². The Kier molecular flexibility index (Phi) is 8.67. The molecule has 0 saturated heterocycles. The number of ether oxygens (including phenoxy) is 1. The van der Waals surface area contributed by atoms with Gasteiger partial charge in [0.2, 0.25) is 5.91 Å². The van der Waals surface area contributed by atoms with Crippen molar-refractivity contribution < 1.29 is 53.8 Å². The van der Waals surface area contributed by atoms with E-state index in [0.29, 0.717) is 18.6 Å². The molecule has 2 aromatic rings. The van der Waals surface area contributed by atoms with Crippen LogP contribution in [-0.4, -0.2) is 29.0 Å². The molecule has 0 fully saturated rings. The summed E-state index contributed by atoms with van der Waals surface area (Å²) in [5, 5.41) is 0. The van der Waals surface area contributed by atoms with E-state index < -0.39 is 71.0 Å². The van der Waals surface area contributed by atoms with Crippen LogP contribution in [0.15, 0.2) is 36.4 Å². The molecular formula is C27H27F9N2O3. The molecule has 0 aromatic heterocycles. The van der Waals surface area contributed by atoms with Crippen molar-refractivity contribution in [3.63, 3.8) is 0 Å². The molecule has 41 heavy (non-hydrogen) atoms. The Hall–Kier alpha value is -3.45. The molecule has 0 aliphatic carbocycles. The van der Waals surface area contributed by atoms with Crippen LogP contribution < -0.4 is 4.90 Å². The van der Waals surface area contributed by atoms with Crippen LogP contribution in [-0.2, 0) is 39.4 Å². The van der Waals surface area contributed by atoms with E-state index in [2.05, 4.69) is 0 Å². The second kappa shape index (κ2) is 11.1. The number of carbonyl (C=O) groups is 2. The number of anilines is 1. The van der Waals surface area contributed by atoms with Gasteiger partial charge in [0.25, 0.3) is 6.47 Å². The summed E-state index contributed by atoms with van der Waals surface area (Å²) in [7, 11) is 0. The van der Waals surface area contributed by atoms with Gasteiger partial charge in [0.15, 0.2) is 5.72 Å². The molecule has 2 unspecified atom stereocenters. The maximum Gasteiger partial charge on any atom is 0.416 e. The number of alkyl halides is 9. The second-order valence-corrected chi connectivity index (χ2v) is 10.2. The minimum atomic E-state index is -5.13. The minimum absolute atomic E-state index is 0.0484. The lowest BCUT2D eigenvalue weighted by atomic mass is 9.85. The molecule has 1 amide bonds. The number of hydrogen-bond acceptors (Lipinski definition) is 4. The first-order valence-electron chi connectivity index (χ1n) is 12.4. The van der Waals surface area contributed by atoms with Gasteiger partial charge in [0.05, 0.1) is 22.7 Å². The molecular weight excluding hydrogens is 571 g/mol. The Morgan fingerprint density at radius 3 is 1.90 bits per heavy atom. The summed E-state index contributed by atoms with van der Waals surface area (Å²) < 4.78 is 127. The third-order valence-corrected chi connectivity index (χ3v) is 7.00. The Morgan fingerprint density at radius 2 is 1.46 bits per heavy atom. The van der Waals surface area contributed by atoms with Gasteiger partial charge >= 0.3 is 18.5 Å². The molecule has 226 valence electrons. The normalized spacial score (nSPS) is 18.1. The Bertz CT molecular complexity index is 1250. The quantitative estimate of drug-likeness (QED) is 0.242. The van der Waals surface area contributed by atoms with E-state index in [9.17, 15) is 49.1 Å². The highest BCUT2D eigenvalue weighted by molar-refractivity contribution is 5.75. The lowest BCUT2D eigenvalue weighted by Gasteiger charge is -2.51. The molecule has 0 spiro atoms. The highest BCUT2D eigenvalue weighted by Gasteiger charge is 2.44. The van der Waals surface area contributed by atoms with Crippen molar-refractivity contribution in [1.29, 1.82) is 0 Å². The number of rotatable bonds is 7. The van der Waals surface area contributed by atoms with Crippen LogP contribution in [0.25, 0.3) is 0 Å². The van der Waals surface area contributed by atoms with Gasteiger partial charge in [-0.1, -0.05) is 6.92 Å². The maximum atomic E-state index is 13.7. The zero-order chi connectivity index (χ0) is 31.1. The molecule has 1 aliphatic rings. The van der Waals surface area contributed by atoms with Crippen LogP contribution in [0.5, 0.6) is 0 Å². The highest BCUT2D eigenvalue weighted by Crippen LogP contribution is 2.47. The fourth-order valence-corrected chi connectivity index (χ4v) is 5.20. The lowest BCUT2D eigenvalue weighted by molar-refractivity contribution is -0.143. The zero-order valence-electron chi connectivity index (χ0n) is 22.3. The lowest BCUT2D eigenvalue weighted by Crippen LogP contribution is -2.56. The van der Waals surface area contributed by atoms with E-state index in [-0.39, 0.29) is 30.2 Å². The van der Waals surface area contributed by atoms with Crippen molar-refractivity contribution in [3.8, 4) is 0 Å². The van der Waals surface area contributed by atoms with Gasteiger partial charge in [-0.05, 0) is 74.2 Å². The van der Waals surface area contributed by atoms with Gasteiger partial charge in [0.1, 0.15) is 0 Å². The molecule has 3 rings (SSSR count). The van der Waals surface area contributed by atoms with Crippen molar-refractivity contribution in [2.45, 2.75) is 83.4 Å². The fraction of sp³-hybridized carbons (Fsp3) is 0.481. The standard InChI is InChI=1S/C27H27F9N2O3/c1-5-20-12-23(21-11-17(25(28,29)30)6-7-22(21)38(20)24(3,4)41-14-39)37(15(2)40)13-16-8-18(26(31,32)33)10-19(9-16)27(34,35)36/h6-11,14,20,23H,5,12-13H2,1-4H3. The molecule has 14 heteroatoms. The van der Waals surface area contributed by atoms with Crippen LogP contribution >= 0.6 is 0 Å². The Balaban J connectivity index is 2.23. The Morgan fingerprint density at radius 1 is 0.927 bits per heavy atom. The summed E-state index contributed by atoms with van der Waals surface area (Å²) in [6.45, 7) is 5.22. The summed E-state index contributed by atoms with van der Waals surface area (Å²) in [5.41, 5.74) is -5.99. The van der Waals surface area contributed by atoms with Crippen LogP contribution in [0, 0.1) is 0 Å². The fourth-order valence-electron chi connectivity index (χ4n) is 5.20. The highest BCUT2D eigenvalue weighted by atomic mass is 19.4. The number of nitrogens with zero attached hydrogens (tertiary/aromatic N) is 2. The number of fused-ring (bicyclic) bond motifs is 1. The molecule has 0 N–H and O–H groups in total. The van der Waals surface area contributed by atoms with Crippen molar-refractivity contribution in [1.82, 2.24) is 4.90 Å². The zero-order valence-corrected chi connectivity index (χ0v) is 22.3. The minimum Gasteiger partial charge on any atom is -0.442 e. The largest absolute Gasteiger partial charge is 0.442 e. The molecule has 0 radical (unpaired) electrons. The predicted octanol–water partition coefficient (Wildman–Crippen LogP) is 7.73. The van der Waals surface area contributed by atoms with Crippen LogP contribution in [0.2, 0.25) is 0 Å². The predicted molar refractivity (Wildman–Crippen MR) is 129 cm³/mol. The van der Waals surface area contributed by atoms with Crippen LogP contribution in [0.4, 0.5) is 45.2 Å². The number of amides is 1. The van der Waals surface area contributed by atoms with Gasteiger partial charge in [-0.15, -0.1) is 0 Å². The van der Waals surface area contributed by atoms with Crippen LogP contribution in [0.3, 0.4) is 0 Å². The molecule has 5 nitrogen and oxygen atoms in total. The second-order valence-electron chi connectivity index (χ2n) is 10.2. The summed E-state index contributed by atoms with van der Waals surface area (Å²) in [6.07, 6.45) is -14.8. The summed E-state index contributed by atoms with van der Waals surface area (Å²) in [5.74, 6) is -0.781. The SMILES string of the molecule is CCC1CC(N(Cc2cc(C(F)(F)F)cc(C(F)(F)F)c2)C(C)=O)c2cc(C(F)(F)F)ccc2N1C(C)(C)OC=O. The molecule has 1 heterocycles. The molecule has 2 atom stereocenters. The summed E-state index contributed by atoms with van der Waals surface area (Å²) in [4.78, 5) is 26.6. The number of carbonyl (C=O) groups excluding carboxylic acids is 2. The molecule has 2 aromatic carbocycles. The summed E-state index contributed by atoms with van der Waals surface area (Å²) >= 11 is 0. The Labute approximate surface area is 229 Å². The molecule has 0 bridgehead atoms. The van der Waals surface area contributed by atoms with Gasteiger partial charge in [0, 0.05) is 25.2 Å². The van der Waals surface area contributed by atoms with Gasteiger partial charge in [-0.2, -0.15) is 39.5 Å². The van der Waals surface area contributed by atoms with Gasteiger partial charge in [-0.25, -0.2) is 0 Å². The van der Waals surface area contributed by atoms with E-state index in [1.165, 1.54) is 13.8 Å². The average Bonchev–Trinajstić information content (AvgIpc) is 2.84. The number of hydrogen-bond donors (Lipinski definition) is 0. The van der Waals surface area contributed by atoms with Crippen molar-refractivity contribution in [2.24, 2.45) is 0 Å². The van der Waals surface area contributed by atoms with Crippen molar-refractivity contribution >= 4 is 18.1 Å². The summed E-state index contributed by atoms with van der Waals surface area (Å²) in [6, 6.07) is 1.94. The number of benzene rings is 2. The molecule has 1 aliphatic heterocycles. The topological polar surface area (TPSA) is 49.9 Å². The van der Waals surface area contributed by atoms with E-state index in [4.69, 9.17) is 4.74 Å². The van der Waals surface area contributed by atoms with E-state index in [1.807, 2.05) is 0 Å². The average molecular weight is 599 g/mol. The number of halogens is 9. The van der Waals surface area contributed by atoms with Crippen molar-refractivity contribution in [2.75, 3.05) is 4.90 Å². The first-order valence-corrected chi connectivity index (χ1v) is 12.4. The van der Waals surface area contributed by atoms with E-state index in [1.54, 1.807) is 11.8 Å². The third-order valence-electron chi connectivity index (χ3n) is 7.00. The first kappa shape index (κ1) is 32.1. The van der Waals surface area contributed by atoms with Crippen LogP contribution in [0.1, 0.15) is 74.4 Å². The third kappa shape index (κ3) is 6.89. The smallest absolute Gasteiger partial charge is 0.416 e. The van der Waals surface area contributed by atoms with Gasteiger partial charge < -0.3 is 14.5 Å².